The molecule has 1 saturated carbocycles. The summed E-state index contributed by atoms with van der Waals surface area (Å²) in [5.74, 6) is -2.18. The van der Waals surface area contributed by atoms with Gasteiger partial charge in [0.05, 0.1) is 17.4 Å². The first kappa shape index (κ1) is 16.9. The molecule has 2 amide bonds. The Labute approximate surface area is 132 Å². The summed E-state index contributed by atoms with van der Waals surface area (Å²) in [6, 6.07) is -1.05. The summed E-state index contributed by atoms with van der Waals surface area (Å²) in [5, 5.41) is 17.6. The number of carbonyl (C=O) groups excluding carboxylic acids is 2. The standard InChI is InChI=1S/C14H20N4O5/c1-17-7-10(15-8-17)14(5-6-14)13(22)18(2)9(12(21)16-23)3-4-11(19)20/h7-9,23H,3-6H2,1-2H3,(H,16,21)(H,19,20). The second-order valence-corrected chi connectivity index (χ2v) is 5.85. The van der Waals surface area contributed by atoms with E-state index in [2.05, 4.69) is 4.98 Å². The van der Waals surface area contributed by atoms with Crippen LogP contribution in [0.2, 0.25) is 0 Å². The quantitative estimate of drug-likeness (QED) is 0.465. The van der Waals surface area contributed by atoms with Gasteiger partial charge in [-0.25, -0.2) is 10.5 Å². The van der Waals surface area contributed by atoms with Gasteiger partial charge in [0, 0.05) is 26.7 Å². The van der Waals surface area contributed by atoms with Gasteiger partial charge in [-0.1, -0.05) is 0 Å². The number of aliphatic carboxylic acids is 1. The van der Waals surface area contributed by atoms with Crippen molar-refractivity contribution in [2.75, 3.05) is 7.05 Å². The lowest BCUT2D eigenvalue weighted by molar-refractivity contribution is -0.146. The Bertz CT molecular complexity index is 622. The number of carbonyl (C=O) groups is 3. The number of nitrogens with one attached hydrogen (secondary N) is 1. The zero-order chi connectivity index (χ0) is 17.2. The van der Waals surface area contributed by atoms with Crippen LogP contribution >= 0.6 is 0 Å². The van der Waals surface area contributed by atoms with Gasteiger partial charge >= 0.3 is 5.97 Å². The van der Waals surface area contributed by atoms with E-state index < -0.39 is 23.3 Å². The molecule has 2 rings (SSSR count). The lowest BCUT2D eigenvalue weighted by Gasteiger charge is -2.29. The Hall–Kier alpha value is -2.42. The molecule has 0 saturated heterocycles. The zero-order valence-electron chi connectivity index (χ0n) is 13.0. The van der Waals surface area contributed by atoms with Crippen LogP contribution in [0.5, 0.6) is 0 Å². The fraction of sp³-hybridized carbons (Fsp3) is 0.571. The van der Waals surface area contributed by atoms with E-state index in [-0.39, 0.29) is 18.7 Å². The van der Waals surface area contributed by atoms with E-state index in [4.69, 9.17) is 10.3 Å². The Balaban J connectivity index is 2.18. The number of nitrogens with zero attached hydrogens (tertiary/aromatic N) is 3. The van der Waals surface area contributed by atoms with Gasteiger partial charge < -0.3 is 14.6 Å². The summed E-state index contributed by atoms with van der Waals surface area (Å²) >= 11 is 0. The van der Waals surface area contributed by atoms with Crippen molar-refractivity contribution in [1.29, 1.82) is 0 Å². The van der Waals surface area contributed by atoms with Crippen LogP contribution in [0.25, 0.3) is 0 Å². The van der Waals surface area contributed by atoms with Crippen LogP contribution in [0.4, 0.5) is 0 Å². The van der Waals surface area contributed by atoms with Crippen LogP contribution in [0.3, 0.4) is 0 Å². The van der Waals surface area contributed by atoms with Crippen molar-refractivity contribution in [1.82, 2.24) is 19.9 Å². The number of carboxylic acid groups (broad SMARTS) is 1. The van der Waals surface area contributed by atoms with E-state index in [0.29, 0.717) is 18.5 Å². The molecule has 0 bridgehead atoms. The molecule has 23 heavy (non-hydrogen) atoms. The highest BCUT2D eigenvalue weighted by molar-refractivity contribution is 5.94. The van der Waals surface area contributed by atoms with E-state index in [1.807, 2.05) is 0 Å². The molecule has 1 aromatic heterocycles. The SMILES string of the molecule is CN(C(=O)C1(c2cn(C)cn2)CC1)C(CCC(=O)O)C(=O)NO. The first-order chi connectivity index (χ1) is 10.8. The molecule has 1 heterocycles. The first-order valence-electron chi connectivity index (χ1n) is 7.23. The predicted octanol–water partition coefficient (Wildman–Crippen LogP) is -0.351. The van der Waals surface area contributed by atoms with E-state index in [0.717, 1.165) is 0 Å². The molecule has 3 N–H and O–H groups in total. The summed E-state index contributed by atoms with van der Waals surface area (Å²) in [5.41, 5.74) is 1.38. The predicted molar refractivity (Wildman–Crippen MR) is 77.5 cm³/mol. The van der Waals surface area contributed by atoms with Crippen molar-refractivity contribution >= 4 is 17.8 Å². The Kier molecular flexibility index (Phi) is 4.69. The maximum absolute atomic E-state index is 12.8. The minimum atomic E-state index is -1.08. The molecule has 0 spiro atoms. The summed E-state index contributed by atoms with van der Waals surface area (Å²) in [7, 11) is 3.24. The smallest absolute Gasteiger partial charge is 0.303 e. The summed E-state index contributed by atoms with van der Waals surface area (Å²) in [6.45, 7) is 0. The molecular weight excluding hydrogens is 304 g/mol. The molecule has 0 aliphatic heterocycles. The van der Waals surface area contributed by atoms with Gasteiger partial charge in [-0.2, -0.15) is 0 Å². The molecule has 0 aromatic carbocycles. The number of hydrogen-bond acceptors (Lipinski definition) is 5. The largest absolute Gasteiger partial charge is 0.481 e. The van der Waals surface area contributed by atoms with Crippen LogP contribution in [0.15, 0.2) is 12.5 Å². The van der Waals surface area contributed by atoms with E-state index in [9.17, 15) is 14.4 Å². The van der Waals surface area contributed by atoms with Crippen LogP contribution in [-0.4, -0.2) is 55.6 Å². The highest BCUT2D eigenvalue weighted by Gasteiger charge is 2.55. The number of imidazole rings is 1. The third-order valence-electron chi connectivity index (χ3n) is 4.19. The number of aryl methyl sites for hydroxylation is 1. The van der Waals surface area contributed by atoms with E-state index in [1.54, 1.807) is 24.1 Å². The van der Waals surface area contributed by atoms with Crippen LogP contribution in [-0.2, 0) is 26.8 Å². The second-order valence-electron chi connectivity index (χ2n) is 5.85. The molecule has 1 aromatic rings. The number of amides is 2. The highest BCUT2D eigenvalue weighted by Crippen LogP contribution is 2.49. The van der Waals surface area contributed by atoms with Gasteiger partial charge in [0.25, 0.3) is 5.91 Å². The Morgan fingerprint density at radius 2 is 2.13 bits per heavy atom. The van der Waals surface area contributed by atoms with E-state index in [1.165, 1.54) is 17.4 Å². The van der Waals surface area contributed by atoms with Crippen molar-refractivity contribution in [3.63, 3.8) is 0 Å². The molecular formula is C14H20N4O5. The lowest BCUT2D eigenvalue weighted by atomic mass is 9.99. The van der Waals surface area contributed by atoms with Crippen molar-refractivity contribution in [3.8, 4) is 0 Å². The number of carboxylic acids is 1. The summed E-state index contributed by atoms with van der Waals surface area (Å²) < 4.78 is 1.74. The van der Waals surface area contributed by atoms with Gasteiger partial charge in [-0.05, 0) is 19.3 Å². The van der Waals surface area contributed by atoms with Crippen LogP contribution < -0.4 is 5.48 Å². The minimum absolute atomic E-state index is 0.0811. The molecule has 1 atom stereocenters. The fourth-order valence-corrected chi connectivity index (χ4v) is 2.68. The maximum Gasteiger partial charge on any atom is 0.303 e. The van der Waals surface area contributed by atoms with Gasteiger partial charge in [-0.3, -0.25) is 19.6 Å². The molecule has 1 unspecified atom stereocenters. The number of likely N-dealkylation sites (N-methyl/N-ethyl adjacent to an activating group) is 1. The number of hydroxylamine groups is 1. The molecule has 9 nitrogen and oxygen atoms in total. The Morgan fingerprint density at radius 1 is 1.48 bits per heavy atom. The topological polar surface area (TPSA) is 125 Å². The monoisotopic (exact) mass is 324 g/mol. The molecule has 1 aliphatic carbocycles. The summed E-state index contributed by atoms with van der Waals surface area (Å²) in [6.07, 6.45) is 4.25. The second kappa shape index (κ2) is 6.37. The molecule has 126 valence electrons. The molecule has 0 radical (unpaired) electrons. The van der Waals surface area contributed by atoms with Gasteiger partial charge in [0.2, 0.25) is 5.91 Å². The molecule has 1 fully saturated rings. The molecule has 1 aliphatic rings. The first-order valence-corrected chi connectivity index (χ1v) is 7.23. The van der Waals surface area contributed by atoms with Gasteiger partial charge in [0.15, 0.2) is 0 Å². The number of hydrogen-bond donors (Lipinski definition) is 3. The normalized spacial score (nSPS) is 16.5. The van der Waals surface area contributed by atoms with E-state index >= 15 is 0 Å². The van der Waals surface area contributed by atoms with Crippen molar-refractivity contribution in [2.24, 2.45) is 7.05 Å². The van der Waals surface area contributed by atoms with Crippen LogP contribution in [0, 0.1) is 0 Å². The number of aromatic nitrogens is 2. The van der Waals surface area contributed by atoms with Gasteiger partial charge in [-0.15, -0.1) is 0 Å². The third kappa shape index (κ3) is 3.34. The third-order valence-corrected chi connectivity index (χ3v) is 4.19. The number of rotatable bonds is 7. The zero-order valence-corrected chi connectivity index (χ0v) is 13.0. The average molecular weight is 324 g/mol. The van der Waals surface area contributed by atoms with Crippen molar-refractivity contribution in [2.45, 2.75) is 37.1 Å². The highest BCUT2D eigenvalue weighted by atomic mass is 16.5. The summed E-state index contributed by atoms with van der Waals surface area (Å²) in [4.78, 5) is 40.8. The van der Waals surface area contributed by atoms with Crippen molar-refractivity contribution in [3.05, 3.63) is 18.2 Å². The van der Waals surface area contributed by atoms with Gasteiger partial charge in [0.1, 0.15) is 6.04 Å². The fourth-order valence-electron chi connectivity index (χ4n) is 2.68. The molecule has 9 heteroatoms. The Morgan fingerprint density at radius 3 is 2.57 bits per heavy atom. The average Bonchev–Trinajstić information content (AvgIpc) is 3.21. The van der Waals surface area contributed by atoms with Crippen LogP contribution in [0.1, 0.15) is 31.4 Å². The van der Waals surface area contributed by atoms with Crippen molar-refractivity contribution < 1.29 is 24.7 Å². The maximum atomic E-state index is 12.8. The lowest BCUT2D eigenvalue weighted by Crippen LogP contribution is -2.50. The minimum Gasteiger partial charge on any atom is -0.481 e.